The Labute approximate surface area is 117 Å². The van der Waals surface area contributed by atoms with Gasteiger partial charge in [-0.15, -0.1) is 0 Å². The van der Waals surface area contributed by atoms with Crippen molar-refractivity contribution in [2.24, 2.45) is 7.05 Å². The molecule has 6 nitrogen and oxygen atoms in total. The Morgan fingerprint density at radius 3 is 2.70 bits per heavy atom. The van der Waals surface area contributed by atoms with Gasteiger partial charge in [-0.3, -0.25) is 4.68 Å². The van der Waals surface area contributed by atoms with Crippen LogP contribution in [-0.4, -0.2) is 36.2 Å². The van der Waals surface area contributed by atoms with Crippen molar-refractivity contribution >= 4 is 5.82 Å². The summed E-state index contributed by atoms with van der Waals surface area (Å²) >= 11 is 0. The third kappa shape index (κ3) is 2.18. The summed E-state index contributed by atoms with van der Waals surface area (Å²) < 4.78 is 17.9. The van der Waals surface area contributed by atoms with Crippen LogP contribution in [0.15, 0.2) is 24.4 Å². The number of methoxy groups -OCH3 is 1. The fourth-order valence-corrected chi connectivity index (χ4v) is 2.07. The van der Waals surface area contributed by atoms with E-state index in [2.05, 4.69) is 5.10 Å². The van der Waals surface area contributed by atoms with E-state index in [0.29, 0.717) is 30.5 Å². The number of nitrogen functional groups attached to an aromatic ring is 1. The molecule has 0 saturated carbocycles. The van der Waals surface area contributed by atoms with Gasteiger partial charge in [-0.1, -0.05) is 6.07 Å². The average Bonchev–Trinajstić information content (AvgIpc) is 2.74. The van der Waals surface area contributed by atoms with Crippen molar-refractivity contribution in [2.45, 2.75) is 6.10 Å². The van der Waals surface area contributed by atoms with E-state index in [9.17, 15) is 0 Å². The van der Waals surface area contributed by atoms with Crippen molar-refractivity contribution in [2.75, 3.05) is 26.1 Å². The summed E-state index contributed by atoms with van der Waals surface area (Å²) in [5, 5.41) is 4.15. The van der Waals surface area contributed by atoms with Gasteiger partial charge in [-0.25, -0.2) is 0 Å². The van der Waals surface area contributed by atoms with Gasteiger partial charge in [0.05, 0.1) is 26.5 Å². The molecule has 2 N–H and O–H groups in total. The molecule has 3 rings (SSSR count). The summed E-state index contributed by atoms with van der Waals surface area (Å²) in [7, 11) is 3.43. The van der Waals surface area contributed by atoms with Gasteiger partial charge < -0.3 is 19.9 Å². The van der Waals surface area contributed by atoms with Crippen molar-refractivity contribution in [3.05, 3.63) is 24.4 Å². The van der Waals surface area contributed by atoms with Crippen molar-refractivity contribution in [3.63, 3.8) is 0 Å². The Hall–Kier alpha value is -2.21. The van der Waals surface area contributed by atoms with Gasteiger partial charge in [0.15, 0.2) is 11.5 Å². The molecule has 0 atom stereocenters. The number of aryl methyl sites for hydroxylation is 1. The van der Waals surface area contributed by atoms with Crippen molar-refractivity contribution in [1.29, 1.82) is 0 Å². The topological polar surface area (TPSA) is 71.5 Å². The Morgan fingerprint density at radius 2 is 2.15 bits per heavy atom. The van der Waals surface area contributed by atoms with Crippen LogP contribution < -0.4 is 15.2 Å². The Balaban J connectivity index is 1.95. The van der Waals surface area contributed by atoms with Crippen LogP contribution in [0.3, 0.4) is 0 Å². The van der Waals surface area contributed by atoms with E-state index in [1.807, 2.05) is 25.2 Å². The van der Waals surface area contributed by atoms with Crippen LogP contribution in [-0.2, 0) is 11.8 Å². The monoisotopic (exact) mass is 275 g/mol. The Morgan fingerprint density at radius 1 is 1.35 bits per heavy atom. The molecular weight excluding hydrogens is 258 g/mol. The molecule has 1 aliphatic heterocycles. The molecule has 106 valence electrons. The number of nitrogens with two attached hydrogens (primary N) is 1. The van der Waals surface area contributed by atoms with E-state index in [1.54, 1.807) is 18.0 Å². The number of ether oxygens (including phenoxy) is 3. The van der Waals surface area contributed by atoms with Gasteiger partial charge in [0, 0.05) is 12.6 Å². The molecule has 0 aliphatic carbocycles. The van der Waals surface area contributed by atoms with E-state index in [-0.39, 0.29) is 6.10 Å². The lowest BCUT2D eigenvalue weighted by Gasteiger charge is -2.27. The molecule has 0 spiro atoms. The zero-order valence-electron chi connectivity index (χ0n) is 11.5. The Bertz CT molecular complexity index is 620. The minimum atomic E-state index is 0.0883. The molecule has 0 bridgehead atoms. The van der Waals surface area contributed by atoms with Crippen molar-refractivity contribution in [3.8, 4) is 22.6 Å². The normalized spacial score (nSPS) is 14.9. The second-order valence-electron chi connectivity index (χ2n) is 4.71. The predicted molar refractivity (Wildman–Crippen MR) is 74.8 cm³/mol. The number of rotatable bonds is 4. The van der Waals surface area contributed by atoms with E-state index in [1.165, 1.54) is 0 Å². The molecule has 0 amide bonds. The number of hydrogen-bond acceptors (Lipinski definition) is 5. The highest BCUT2D eigenvalue weighted by Gasteiger charge is 2.22. The van der Waals surface area contributed by atoms with E-state index in [4.69, 9.17) is 19.9 Å². The summed E-state index contributed by atoms with van der Waals surface area (Å²) in [5.41, 5.74) is 7.83. The van der Waals surface area contributed by atoms with Gasteiger partial charge in [0.1, 0.15) is 11.9 Å². The van der Waals surface area contributed by atoms with Crippen LogP contribution in [0.25, 0.3) is 11.1 Å². The van der Waals surface area contributed by atoms with Crippen LogP contribution in [0.2, 0.25) is 0 Å². The molecule has 1 fully saturated rings. The first-order valence-electron chi connectivity index (χ1n) is 6.39. The third-order valence-corrected chi connectivity index (χ3v) is 3.36. The fourth-order valence-electron chi connectivity index (χ4n) is 2.07. The molecule has 20 heavy (non-hydrogen) atoms. The lowest BCUT2D eigenvalue weighted by atomic mass is 10.1. The number of hydrogen-bond donors (Lipinski definition) is 1. The largest absolute Gasteiger partial charge is 0.493 e. The van der Waals surface area contributed by atoms with Crippen LogP contribution >= 0.6 is 0 Å². The first kappa shape index (κ1) is 12.8. The molecule has 1 aromatic carbocycles. The quantitative estimate of drug-likeness (QED) is 0.914. The molecule has 6 heteroatoms. The summed E-state index contributed by atoms with van der Waals surface area (Å²) in [5.74, 6) is 2.01. The number of anilines is 1. The number of benzene rings is 1. The molecule has 2 heterocycles. The maximum Gasteiger partial charge on any atom is 0.162 e. The smallest absolute Gasteiger partial charge is 0.162 e. The highest BCUT2D eigenvalue weighted by molar-refractivity contribution is 5.75. The van der Waals surface area contributed by atoms with Crippen LogP contribution in [0.4, 0.5) is 5.82 Å². The number of aromatic nitrogens is 2. The second-order valence-corrected chi connectivity index (χ2v) is 4.71. The molecule has 1 aliphatic rings. The SMILES string of the molecule is COc1ccc(-c2cnn(C)c2N)cc1OC1COC1. The number of nitrogens with zero attached hydrogens (tertiary/aromatic N) is 2. The molecule has 2 aromatic rings. The first-order chi connectivity index (χ1) is 9.69. The van der Waals surface area contributed by atoms with Gasteiger partial charge >= 0.3 is 0 Å². The van der Waals surface area contributed by atoms with Gasteiger partial charge in [-0.2, -0.15) is 5.10 Å². The maximum absolute atomic E-state index is 6.00. The standard InChI is InChI=1S/C14H17N3O3/c1-17-14(15)11(6-16-17)9-3-4-12(18-2)13(5-9)20-10-7-19-8-10/h3-6,10H,7-8,15H2,1-2H3. The Kier molecular flexibility index (Phi) is 3.23. The zero-order chi connectivity index (χ0) is 14.1. The highest BCUT2D eigenvalue weighted by Crippen LogP contribution is 2.35. The average molecular weight is 275 g/mol. The fraction of sp³-hybridized carbons (Fsp3) is 0.357. The van der Waals surface area contributed by atoms with Crippen LogP contribution in [0.5, 0.6) is 11.5 Å². The van der Waals surface area contributed by atoms with E-state index in [0.717, 1.165) is 11.1 Å². The lowest BCUT2D eigenvalue weighted by molar-refractivity contribution is -0.0803. The highest BCUT2D eigenvalue weighted by atomic mass is 16.6. The van der Waals surface area contributed by atoms with Crippen molar-refractivity contribution in [1.82, 2.24) is 9.78 Å². The lowest BCUT2D eigenvalue weighted by Crippen LogP contribution is -2.38. The van der Waals surface area contributed by atoms with Gasteiger partial charge in [-0.05, 0) is 17.7 Å². The molecular formula is C14H17N3O3. The minimum absolute atomic E-state index is 0.0883. The van der Waals surface area contributed by atoms with Crippen LogP contribution in [0.1, 0.15) is 0 Å². The van der Waals surface area contributed by atoms with Gasteiger partial charge in [0.2, 0.25) is 0 Å². The predicted octanol–water partition coefficient (Wildman–Crippen LogP) is 1.46. The second kappa shape index (κ2) is 5.05. The van der Waals surface area contributed by atoms with Gasteiger partial charge in [0.25, 0.3) is 0 Å². The van der Waals surface area contributed by atoms with E-state index < -0.39 is 0 Å². The molecule has 0 unspecified atom stereocenters. The summed E-state index contributed by atoms with van der Waals surface area (Å²) in [6, 6.07) is 5.73. The van der Waals surface area contributed by atoms with E-state index >= 15 is 0 Å². The first-order valence-corrected chi connectivity index (χ1v) is 6.39. The summed E-state index contributed by atoms with van der Waals surface area (Å²) in [6.07, 6.45) is 1.83. The molecule has 1 saturated heterocycles. The summed E-state index contributed by atoms with van der Waals surface area (Å²) in [4.78, 5) is 0. The van der Waals surface area contributed by atoms with Crippen molar-refractivity contribution < 1.29 is 14.2 Å². The van der Waals surface area contributed by atoms with Crippen LogP contribution in [0, 0.1) is 0 Å². The molecule has 0 radical (unpaired) electrons. The third-order valence-electron chi connectivity index (χ3n) is 3.36. The zero-order valence-corrected chi connectivity index (χ0v) is 11.5. The summed E-state index contributed by atoms with van der Waals surface area (Å²) in [6.45, 7) is 1.23. The minimum Gasteiger partial charge on any atom is -0.493 e. The maximum atomic E-state index is 6.00. The molecule has 1 aromatic heterocycles.